The molecule has 0 radical (unpaired) electrons. The number of hydrogen-bond acceptors (Lipinski definition) is 4. The standard InChI is InChI=1S/C14H20N4/c1-3-18-6-4-5-11-7-13(17-10-14(11)18)12(8-15)9-16-2/h7-10H,3-6,15H2,1-2H3/b12-8+,16-9?. The second kappa shape index (κ2) is 5.67. The molecular formula is C14H20N4. The van der Waals surface area contributed by atoms with E-state index in [1.54, 1.807) is 19.5 Å². The maximum Gasteiger partial charge on any atom is 0.0736 e. The van der Waals surface area contributed by atoms with Crippen molar-refractivity contribution in [2.45, 2.75) is 19.8 Å². The zero-order valence-electron chi connectivity index (χ0n) is 11.1. The smallest absolute Gasteiger partial charge is 0.0736 e. The molecule has 4 heteroatoms. The highest BCUT2D eigenvalue weighted by Crippen LogP contribution is 2.27. The Hall–Kier alpha value is -1.84. The molecule has 0 bridgehead atoms. The van der Waals surface area contributed by atoms with E-state index >= 15 is 0 Å². The lowest BCUT2D eigenvalue weighted by Gasteiger charge is -2.30. The number of fused-ring (bicyclic) bond motifs is 1. The molecule has 0 saturated carbocycles. The summed E-state index contributed by atoms with van der Waals surface area (Å²) in [6.07, 6.45) is 7.58. The van der Waals surface area contributed by atoms with Crippen molar-refractivity contribution in [3.63, 3.8) is 0 Å². The van der Waals surface area contributed by atoms with Gasteiger partial charge >= 0.3 is 0 Å². The van der Waals surface area contributed by atoms with Crippen molar-refractivity contribution >= 4 is 17.5 Å². The van der Waals surface area contributed by atoms with Gasteiger partial charge < -0.3 is 10.6 Å². The largest absolute Gasteiger partial charge is 0.404 e. The van der Waals surface area contributed by atoms with Crippen molar-refractivity contribution in [1.29, 1.82) is 0 Å². The quantitative estimate of drug-likeness (QED) is 0.826. The van der Waals surface area contributed by atoms with E-state index < -0.39 is 0 Å². The summed E-state index contributed by atoms with van der Waals surface area (Å²) in [5.41, 5.74) is 10.0. The summed E-state index contributed by atoms with van der Waals surface area (Å²) in [5.74, 6) is 0. The van der Waals surface area contributed by atoms with Crippen molar-refractivity contribution < 1.29 is 0 Å². The van der Waals surface area contributed by atoms with Gasteiger partial charge in [0.1, 0.15) is 0 Å². The van der Waals surface area contributed by atoms with Gasteiger partial charge in [-0.15, -0.1) is 0 Å². The molecule has 0 atom stereocenters. The second-order valence-corrected chi connectivity index (χ2v) is 4.39. The molecule has 2 rings (SSSR count). The lowest BCUT2D eigenvalue weighted by molar-refractivity contribution is 0.704. The molecule has 0 saturated heterocycles. The maximum absolute atomic E-state index is 5.62. The van der Waals surface area contributed by atoms with Crippen LogP contribution in [-0.4, -0.2) is 31.3 Å². The Balaban J connectivity index is 2.38. The third-order valence-corrected chi connectivity index (χ3v) is 3.31. The van der Waals surface area contributed by atoms with Gasteiger partial charge in [-0.1, -0.05) is 0 Å². The van der Waals surface area contributed by atoms with Crippen LogP contribution in [0.4, 0.5) is 5.69 Å². The lowest BCUT2D eigenvalue weighted by Crippen LogP contribution is -2.29. The van der Waals surface area contributed by atoms with Crippen LogP contribution >= 0.6 is 0 Å². The SMILES string of the molecule is CCN1CCCc2cc(/C(C=NC)=C/N)ncc21. The number of aryl methyl sites for hydroxylation is 1. The minimum absolute atomic E-state index is 0.869. The molecule has 18 heavy (non-hydrogen) atoms. The third-order valence-electron chi connectivity index (χ3n) is 3.31. The van der Waals surface area contributed by atoms with E-state index in [-0.39, 0.29) is 0 Å². The molecule has 2 N–H and O–H groups in total. The summed E-state index contributed by atoms with van der Waals surface area (Å²) in [7, 11) is 1.74. The predicted octanol–water partition coefficient (Wildman–Crippen LogP) is 1.85. The fourth-order valence-electron chi connectivity index (χ4n) is 2.38. The Morgan fingerprint density at radius 1 is 1.61 bits per heavy atom. The molecule has 0 aliphatic carbocycles. The van der Waals surface area contributed by atoms with Gasteiger partial charge in [0.05, 0.1) is 17.6 Å². The van der Waals surface area contributed by atoms with Gasteiger partial charge in [0, 0.05) is 38.1 Å². The second-order valence-electron chi connectivity index (χ2n) is 4.39. The Bertz CT molecular complexity index is 477. The minimum Gasteiger partial charge on any atom is -0.404 e. The molecule has 0 fully saturated rings. The number of nitrogens with zero attached hydrogens (tertiary/aromatic N) is 3. The van der Waals surface area contributed by atoms with Crippen LogP contribution in [0.3, 0.4) is 0 Å². The number of hydrogen-bond donors (Lipinski definition) is 1. The molecule has 1 aliphatic heterocycles. The molecule has 96 valence electrons. The average molecular weight is 244 g/mol. The molecule has 0 amide bonds. The Morgan fingerprint density at radius 2 is 2.44 bits per heavy atom. The molecule has 1 aromatic rings. The first-order chi connectivity index (χ1) is 8.80. The minimum atomic E-state index is 0.869. The van der Waals surface area contributed by atoms with Crippen LogP contribution in [-0.2, 0) is 6.42 Å². The molecular weight excluding hydrogens is 224 g/mol. The summed E-state index contributed by atoms with van der Waals surface area (Å²) in [5, 5.41) is 0. The maximum atomic E-state index is 5.62. The van der Waals surface area contributed by atoms with Gasteiger partial charge in [0.15, 0.2) is 0 Å². The zero-order valence-corrected chi connectivity index (χ0v) is 11.1. The summed E-state index contributed by atoms with van der Waals surface area (Å²) in [4.78, 5) is 10.9. The third kappa shape index (κ3) is 2.37. The highest BCUT2D eigenvalue weighted by atomic mass is 15.1. The monoisotopic (exact) mass is 244 g/mol. The van der Waals surface area contributed by atoms with Gasteiger partial charge in [-0.2, -0.15) is 0 Å². The highest BCUT2D eigenvalue weighted by Gasteiger charge is 2.16. The Morgan fingerprint density at radius 3 is 3.11 bits per heavy atom. The summed E-state index contributed by atoms with van der Waals surface area (Å²) in [6, 6.07) is 2.14. The van der Waals surface area contributed by atoms with Crippen molar-refractivity contribution in [3.8, 4) is 0 Å². The van der Waals surface area contributed by atoms with Gasteiger partial charge in [-0.25, -0.2) is 0 Å². The molecule has 1 aliphatic rings. The highest BCUT2D eigenvalue weighted by molar-refractivity contribution is 6.08. The number of nitrogens with two attached hydrogens (primary N) is 1. The number of allylic oxidation sites excluding steroid dienone is 1. The van der Waals surface area contributed by atoms with E-state index in [0.717, 1.165) is 30.8 Å². The summed E-state index contributed by atoms with van der Waals surface area (Å²) >= 11 is 0. The first-order valence-electron chi connectivity index (χ1n) is 6.38. The number of pyridine rings is 1. The number of aromatic nitrogens is 1. The summed E-state index contributed by atoms with van der Waals surface area (Å²) in [6.45, 7) is 4.34. The van der Waals surface area contributed by atoms with Gasteiger partial charge in [-0.05, 0) is 31.4 Å². The summed E-state index contributed by atoms with van der Waals surface area (Å²) < 4.78 is 0. The average Bonchev–Trinajstić information content (AvgIpc) is 2.43. The molecule has 1 aromatic heterocycles. The van der Waals surface area contributed by atoms with E-state index in [4.69, 9.17) is 5.73 Å². The van der Waals surface area contributed by atoms with Crippen LogP contribution in [0.15, 0.2) is 23.5 Å². The van der Waals surface area contributed by atoms with E-state index in [0.29, 0.717) is 0 Å². The Kier molecular flexibility index (Phi) is 3.97. The number of anilines is 1. The predicted molar refractivity (Wildman–Crippen MR) is 77.0 cm³/mol. The van der Waals surface area contributed by atoms with E-state index in [9.17, 15) is 0 Å². The number of rotatable bonds is 3. The van der Waals surface area contributed by atoms with Crippen LogP contribution in [0.5, 0.6) is 0 Å². The molecule has 4 nitrogen and oxygen atoms in total. The van der Waals surface area contributed by atoms with Crippen LogP contribution in [0, 0.1) is 0 Å². The first-order valence-corrected chi connectivity index (χ1v) is 6.38. The number of aliphatic imine (C=N–C) groups is 1. The van der Waals surface area contributed by atoms with Crippen molar-refractivity contribution in [2.75, 3.05) is 25.0 Å². The van der Waals surface area contributed by atoms with Crippen molar-refractivity contribution in [1.82, 2.24) is 4.98 Å². The van der Waals surface area contributed by atoms with Gasteiger partial charge in [0.2, 0.25) is 0 Å². The zero-order chi connectivity index (χ0) is 13.0. The van der Waals surface area contributed by atoms with Gasteiger partial charge in [0.25, 0.3) is 0 Å². The van der Waals surface area contributed by atoms with Crippen LogP contribution in [0.2, 0.25) is 0 Å². The fourth-order valence-corrected chi connectivity index (χ4v) is 2.38. The Labute approximate surface area is 108 Å². The fraction of sp³-hybridized carbons (Fsp3) is 0.429. The van der Waals surface area contributed by atoms with E-state index in [1.807, 2.05) is 6.20 Å². The normalized spacial score (nSPS) is 16.1. The van der Waals surface area contributed by atoms with Crippen LogP contribution in [0.25, 0.3) is 5.57 Å². The van der Waals surface area contributed by atoms with E-state index in [2.05, 4.69) is 27.9 Å². The van der Waals surface area contributed by atoms with Crippen LogP contribution in [0.1, 0.15) is 24.6 Å². The van der Waals surface area contributed by atoms with E-state index in [1.165, 1.54) is 17.7 Å². The van der Waals surface area contributed by atoms with Crippen molar-refractivity contribution in [2.24, 2.45) is 10.7 Å². The lowest BCUT2D eigenvalue weighted by atomic mass is 10.0. The topological polar surface area (TPSA) is 54.5 Å². The van der Waals surface area contributed by atoms with Crippen molar-refractivity contribution in [3.05, 3.63) is 29.7 Å². The molecule has 2 heterocycles. The first kappa shape index (κ1) is 12.6. The van der Waals surface area contributed by atoms with Gasteiger partial charge in [-0.3, -0.25) is 9.98 Å². The molecule has 0 unspecified atom stereocenters. The molecule has 0 spiro atoms. The molecule has 0 aromatic carbocycles. The van der Waals surface area contributed by atoms with Crippen LogP contribution < -0.4 is 10.6 Å².